The smallest absolute Gasteiger partial charge is 0.260 e. The lowest BCUT2D eigenvalue weighted by molar-refractivity contribution is -0.132. The van der Waals surface area contributed by atoms with E-state index >= 15 is 0 Å². The molecular weight excluding hydrogens is 300 g/mol. The molecule has 0 bridgehead atoms. The summed E-state index contributed by atoms with van der Waals surface area (Å²) >= 11 is 0. The number of amides is 1. The highest BCUT2D eigenvalue weighted by atomic mass is 16.5. The second-order valence-corrected chi connectivity index (χ2v) is 6.12. The van der Waals surface area contributed by atoms with Gasteiger partial charge in [0.2, 0.25) is 0 Å². The molecule has 1 unspecified atom stereocenters. The van der Waals surface area contributed by atoms with E-state index in [4.69, 9.17) is 4.74 Å². The van der Waals surface area contributed by atoms with E-state index in [1.165, 1.54) is 5.56 Å². The summed E-state index contributed by atoms with van der Waals surface area (Å²) in [4.78, 5) is 14.2. The molecule has 1 aliphatic heterocycles. The van der Waals surface area contributed by atoms with E-state index in [1.54, 1.807) is 0 Å². The Kier molecular flexibility index (Phi) is 5.36. The first-order valence-electron chi connectivity index (χ1n) is 8.55. The maximum absolute atomic E-state index is 12.3. The van der Waals surface area contributed by atoms with Crippen molar-refractivity contribution in [3.63, 3.8) is 0 Å². The molecule has 126 valence electrons. The monoisotopic (exact) mass is 324 g/mol. The predicted molar refractivity (Wildman–Crippen MR) is 96.4 cm³/mol. The van der Waals surface area contributed by atoms with Crippen molar-refractivity contribution in [3.8, 4) is 5.75 Å². The number of rotatable bonds is 6. The second-order valence-electron chi connectivity index (χ2n) is 6.12. The van der Waals surface area contributed by atoms with Crippen molar-refractivity contribution in [1.29, 1.82) is 0 Å². The third-order valence-electron chi connectivity index (χ3n) is 4.38. The Hall–Kier alpha value is -2.49. The van der Waals surface area contributed by atoms with Crippen LogP contribution in [0.3, 0.4) is 0 Å². The van der Waals surface area contributed by atoms with Crippen LogP contribution in [0.15, 0.2) is 54.6 Å². The molecule has 1 heterocycles. The van der Waals surface area contributed by atoms with Gasteiger partial charge in [0.1, 0.15) is 5.75 Å². The van der Waals surface area contributed by atoms with Gasteiger partial charge in [0.15, 0.2) is 6.61 Å². The van der Waals surface area contributed by atoms with Gasteiger partial charge in [-0.3, -0.25) is 4.79 Å². The number of hydrogen-bond acceptors (Lipinski definition) is 3. The first-order chi connectivity index (χ1) is 11.7. The van der Waals surface area contributed by atoms with Crippen LogP contribution in [0.5, 0.6) is 5.75 Å². The van der Waals surface area contributed by atoms with E-state index < -0.39 is 0 Å². The van der Waals surface area contributed by atoms with E-state index in [0.29, 0.717) is 6.04 Å². The SMILES string of the molecule is CCc1ccc(OCC(=O)N2CCC(Nc3ccccc3)C2)cc1. The summed E-state index contributed by atoms with van der Waals surface area (Å²) in [6, 6.07) is 18.4. The Morgan fingerprint density at radius 3 is 2.62 bits per heavy atom. The minimum Gasteiger partial charge on any atom is -0.484 e. The first-order valence-corrected chi connectivity index (χ1v) is 8.55. The number of likely N-dealkylation sites (tertiary alicyclic amines) is 1. The molecule has 1 atom stereocenters. The van der Waals surface area contributed by atoms with Crippen molar-refractivity contribution in [2.24, 2.45) is 0 Å². The number of aryl methyl sites for hydroxylation is 1. The summed E-state index contributed by atoms with van der Waals surface area (Å²) in [5, 5.41) is 3.48. The number of benzene rings is 2. The summed E-state index contributed by atoms with van der Waals surface area (Å²) in [7, 11) is 0. The van der Waals surface area contributed by atoms with Crippen LogP contribution in [-0.2, 0) is 11.2 Å². The summed E-state index contributed by atoms with van der Waals surface area (Å²) in [6.45, 7) is 3.73. The standard InChI is InChI=1S/C20H24N2O2/c1-2-16-8-10-19(11-9-16)24-15-20(23)22-13-12-18(14-22)21-17-6-4-3-5-7-17/h3-11,18,21H,2,12-15H2,1H3. The fourth-order valence-corrected chi connectivity index (χ4v) is 2.93. The maximum atomic E-state index is 12.3. The molecule has 4 heteroatoms. The molecule has 4 nitrogen and oxygen atoms in total. The maximum Gasteiger partial charge on any atom is 0.260 e. The number of nitrogens with zero attached hydrogens (tertiary/aromatic N) is 1. The van der Waals surface area contributed by atoms with Crippen LogP contribution in [0.25, 0.3) is 0 Å². The average Bonchev–Trinajstić information content (AvgIpc) is 3.09. The molecule has 2 aromatic rings. The second kappa shape index (κ2) is 7.86. The van der Waals surface area contributed by atoms with E-state index in [1.807, 2.05) is 59.5 Å². The Bertz CT molecular complexity index is 655. The number of carbonyl (C=O) groups is 1. The summed E-state index contributed by atoms with van der Waals surface area (Å²) < 4.78 is 5.62. The number of anilines is 1. The van der Waals surface area contributed by atoms with Gasteiger partial charge in [-0.05, 0) is 42.7 Å². The van der Waals surface area contributed by atoms with E-state index in [2.05, 4.69) is 12.2 Å². The molecule has 1 N–H and O–H groups in total. The molecule has 1 saturated heterocycles. The predicted octanol–water partition coefficient (Wildman–Crippen LogP) is 3.34. The Balaban J connectivity index is 1.45. The Morgan fingerprint density at radius 2 is 1.92 bits per heavy atom. The molecule has 24 heavy (non-hydrogen) atoms. The Morgan fingerprint density at radius 1 is 1.17 bits per heavy atom. The molecule has 0 saturated carbocycles. The van der Waals surface area contributed by atoms with Gasteiger partial charge in [0, 0.05) is 24.8 Å². The van der Waals surface area contributed by atoms with Crippen LogP contribution in [-0.4, -0.2) is 36.5 Å². The van der Waals surface area contributed by atoms with Crippen LogP contribution in [0.1, 0.15) is 18.9 Å². The largest absolute Gasteiger partial charge is 0.484 e. The lowest BCUT2D eigenvalue weighted by Gasteiger charge is -2.18. The molecule has 0 radical (unpaired) electrons. The highest BCUT2D eigenvalue weighted by Gasteiger charge is 2.26. The van der Waals surface area contributed by atoms with Gasteiger partial charge in [-0.15, -0.1) is 0 Å². The van der Waals surface area contributed by atoms with Crippen LogP contribution in [0, 0.1) is 0 Å². The summed E-state index contributed by atoms with van der Waals surface area (Å²) in [5.74, 6) is 0.797. The molecule has 1 fully saturated rings. The van der Waals surface area contributed by atoms with Gasteiger partial charge < -0.3 is 15.0 Å². The van der Waals surface area contributed by atoms with E-state index in [0.717, 1.165) is 37.4 Å². The molecule has 0 aliphatic carbocycles. The van der Waals surface area contributed by atoms with Crippen LogP contribution in [0.4, 0.5) is 5.69 Å². The lowest BCUT2D eigenvalue weighted by Crippen LogP contribution is -2.34. The number of carbonyl (C=O) groups excluding carboxylic acids is 1. The van der Waals surface area contributed by atoms with E-state index in [9.17, 15) is 4.79 Å². The zero-order valence-electron chi connectivity index (χ0n) is 14.1. The van der Waals surface area contributed by atoms with E-state index in [-0.39, 0.29) is 12.5 Å². The van der Waals surface area contributed by atoms with Gasteiger partial charge in [-0.25, -0.2) is 0 Å². The third kappa shape index (κ3) is 4.28. The van der Waals surface area contributed by atoms with Gasteiger partial charge >= 0.3 is 0 Å². The van der Waals surface area contributed by atoms with Crippen molar-refractivity contribution in [2.75, 3.05) is 25.0 Å². The lowest BCUT2D eigenvalue weighted by atomic mass is 10.2. The third-order valence-corrected chi connectivity index (χ3v) is 4.38. The molecule has 3 rings (SSSR count). The molecular formula is C20H24N2O2. The molecule has 0 aromatic heterocycles. The van der Waals surface area contributed by atoms with Crippen molar-refractivity contribution in [3.05, 3.63) is 60.2 Å². The fraction of sp³-hybridized carbons (Fsp3) is 0.350. The number of hydrogen-bond donors (Lipinski definition) is 1. The average molecular weight is 324 g/mol. The highest BCUT2D eigenvalue weighted by Crippen LogP contribution is 2.17. The highest BCUT2D eigenvalue weighted by molar-refractivity contribution is 5.78. The zero-order valence-corrected chi connectivity index (χ0v) is 14.1. The number of para-hydroxylation sites is 1. The van der Waals surface area contributed by atoms with Crippen LogP contribution in [0.2, 0.25) is 0 Å². The van der Waals surface area contributed by atoms with Gasteiger partial charge in [0.05, 0.1) is 0 Å². The zero-order chi connectivity index (χ0) is 16.8. The molecule has 2 aromatic carbocycles. The van der Waals surface area contributed by atoms with Gasteiger partial charge in [0.25, 0.3) is 5.91 Å². The summed E-state index contributed by atoms with van der Waals surface area (Å²) in [5.41, 5.74) is 2.37. The minimum atomic E-state index is 0.0481. The number of nitrogens with one attached hydrogen (secondary N) is 1. The molecule has 1 amide bonds. The van der Waals surface area contributed by atoms with Crippen molar-refractivity contribution in [2.45, 2.75) is 25.8 Å². The van der Waals surface area contributed by atoms with Crippen molar-refractivity contribution in [1.82, 2.24) is 4.90 Å². The molecule has 0 spiro atoms. The van der Waals surface area contributed by atoms with Crippen LogP contribution < -0.4 is 10.1 Å². The normalized spacial score (nSPS) is 16.9. The quantitative estimate of drug-likeness (QED) is 0.886. The topological polar surface area (TPSA) is 41.6 Å². The molecule has 1 aliphatic rings. The van der Waals surface area contributed by atoms with Gasteiger partial charge in [-0.1, -0.05) is 37.3 Å². The Labute approximate surface area is 143 Å². The van der Waals surface area contributed by atoms with Crippen molar-refractivity contribution >= 4 is 11.6 Å². The van der Waals surface area contributed by atoms with Crippen molar-refractivity contribution < 1.29 is 9.53 Å². The van der Waals surface area contributed by atoms with Gasteiger partial charge in [-0.2, -0.15) is 0 Å². The van der Waals surface area contributed by atoms with Crippen LogP contribution >= 0.6 is 0 Å². The minimum absolute atomic E-state index is 0.0481. The number of ether oxygens (including phenoxy) is 1. The fourth-order valence-electron chi connectivity index (χ4n) is 2.93. The summed E-state index contributed by atoms with van der Waals surface area (Å²) in [6.07, 6.45) is 1.97. The first kappa shape index (κ1) is 16.4.